The van der Waals surface area contributed by atoms with E-state index in [0.717, 1.165) is 39.2 Å². The van der Waals surface area contributed by atoms with E-state index in [1.807, 2.05) is 56.3 Å². The van der Waals surface area contributed by atoms with Crippen LogP contribution in [-0.4, -0.2) is 15.0 Å². The molecule has 0 spiro atoms. The molecule has 2 heterocycles. The average molecular weight is 444 g/mol. The fourth-order valence-corrected chi connectivity index (χ4v) is 3.57. The predicted octanol–water partition coefficient (Wildman–Crippen LogP) is 6.05. The summed E-state index contributed by atoms with van der Waals surface area (Å²) in [4.78, 5) is 13.5. The summed E-state index contributed by atoms with van der Waals surface area (Å²) in [7, 11) is 0. The molecule has 164 valence electrons. The van der Waals surface area contributed by atoms with Crippen molar-refractivity contribution in [1.82, 2.24) is 15.0 Å². The van der Waals surface area contributed by atoms with Gasteiger partial charge in [0.15, 0.2) is 0 Å². The van der Waals surface area contributed by atoms with Gasteiger partial charge in [0.25, 0.3) is 0 Å². The number of aromatic nitrogens is 3. The van der Waals surface area contributed by atoms with E-state index < -0.39 is 0 Å². The van der Waals surface area contributed by atoms with Crippen LogP contribution < -0.4 is 10.6 Å². The molecule has 0 saturated heterocycles. The van der Waals surface area contributed by atoms with E-state index in [0.29, 0.717) is 17.3 Å². The molecule has 2 aromatic heterocycles. The summed E-state index contributed by atoms with van der Waals surface area (Å²) in [5.74, 6) is 1.05. The summed E-state index contributed by atoms with van der Waals surface area (Å²) < 4.78 is 0. The minimum absolute atomic E-state index is 0.420. The zero-order valence-corrected chi connectivity index (χ0v) is 18.7. The molecule has 0 amide bonds. The van der Waals surface area contributed by atoms with Crippen LogP contribution in [0.2, 0.25) is 0 Å². The smallest absolute Gasteiger partial charge is 0.229 e. The third-order valence-corrected chi connectivity index (χ3v) is 5.18. The van der Waals surface area contributed by atoms with Crippen LogP contribution >= 0.6 is 0 Å². The van der Waals surface area contributed by atoms with Crippen molar-refractivity contribution in [3.63, 3.8) is 0 Å². The molecule has 34 heavy (non-hydrogen) atoms. The van der Waals surface area contributed by atoms with Crippen LogP contribution in [-0.2, 0) is 0 Å². The Hall–Kier alpha value is -5.01. The number of hydrogen-bond acceptors (Lipinski definition) is 7. The second-order valence-corrected chi connectivity index (χ2v) is 7.63. The number of allylic oxidation sites excluding steroid dienone is 1. The third kappa shape index (κ3) is 5.07. The maximum Gasteiger partial charge on any atom is 0.229 e. The summed E-state index contributed by atoms with van der Waals surface area (Å²) in [6.45, 7) is 4.03. The van der Waals surface area contributed by atoms with Crippen LogP contribution in [0, 0.1) is 36.5 Å². The van der Waals surface area contributed by atoms with Crippen molar-refractivity contribution in [2.24, 2.45) is 0 Å². The van der Waals surface area contributed by atoms with Crippen molar-refractivity contribution in [2.45, 2.75) is 13.8 Å². The minimum atomic E-state index is 0.420. The summed E-state index contributed by atoms with van der Waals surface area (Å²) >= 11 is 0. The average Bonchev–Trinajstić information content (AvgIpc) is 2.86. The summed E-state index contributed by atoms with van der Waals surface area (Å²) in [6.07, 6.45) is 8.50. The largest absolute Gasteiger partial charge is 0.339 e. The van der Waals surface area contributed by atoms with E-state index in [1.54, 1.807) is 36.8 Å². The van der Waals surface area contributed by atoms with E-state index in [-0.39, 0.29) is 0 Å². The van der Waals surface area contributed by atoms with Gasteiger partial charge in [0, 0.05) is 47.2 Å². The Bertz CT molecular complexity index is 1400. The van der Waals surface area contributed by atoms with Gasteiger partial charge in [0.1, 0.15) is 5.82 Å². The molecule has 0 aliphatic heterocycles. The lowest BCUT2D eigenvalue weighted by molar-refractivity contribution is 1.16. The molecule has 0 fully saturated rings. The number of hydrogen-bond donors (Lipinski definition) is 2. The zero-order valence-electron chi connectivity index (χ0n) is 18.7. The lowest BCUT2D eigenvalue weighted by Gasteiger charge is -2.17. The molecule has 4 aromatic rings. The zero-order chi connectivity index (χ0) is 23.9. The van der Waals surface area contributed by atoms with Gasteiger partial charge in [-0.1, -0.05) is 6.07 Å². The molecule has 2 N–H and O–H groups in total. The first-order chi connectivity index (χ1) is 16.6. The molecule has 7 heteroatoms. The van der Waals surface area contributed by atoms with Crippen molar-refractivity contribution >= 4 is 29.2 Å². The number of rotatable bonds is 6. The monoisotopic (exact) mass is 443 g/mol. The van der Waals surface area contributed by atoms with E-state index in [1.165, 1.54) is 6.08 Å². The van der Waals surface area contributed by atoms with Crippen LogP contribution in [0.5, 0.6) is 0 Å². The summed E-state index contributed by atoms with van der Waals surface area (Å²) in [5, 5.41) is 24.5. The number of nitriles is 2. The SMILES string of the molecule is Cc1cc(C=CC#N)cc(C)c1Nc1nc(Nc2ccc(C#N)cc2)ncc1-c1cccnc1. The normalized spacial score (nSPS) is 10.5. The van der Waals surface area contributed by atoms with Gasteiger partial charge >= 0.3 is 0 Å². The highest BCUT2D eigenvalue weighted by Gasteiger charge is 2.13. The Labute approximate surface area is 198 Å². The van der Waals surface area contributed by atoms with Gasteiger partial charge in [0.2, 0.25) is 5.95 Å². The number of nitrogens with one attached hydrogen (secondary N) is 2. The second kappa shape index (κ2) is 10.1. The number of benzene rings is 2. The topological polar surface area (TPSA) is 110 Å². The molecule has 0 atom stereocenters. The van der Waals surface area contributed by atoms with Crippen LogP contribution in [0.15, 0.2) is 73.2 Å². The first-order valence-corrected chi connectivity index (χ1v) is 10.6. The quantitative estimate of drug-likeness (QED) is 0.349. The molecule has 4 rings (SSSR count). The molecular weight excluding hydrogens is 422 g/mol. The van der Waals surface area contributed by atoms with E-state index in [2.05, 4.69) is 26.7 Å². The fraction of sp³-hybridized carbons (Fsp3) is 0.0741. The first-order valence-electron chi connectivity index (χ1n) is 10.6. The molecule has 0 aliphatic rings. The highest BCUT2D eigenvalue weighted by atomic mass is 15.1. The fourth-order valence-electron chi connectivity index (χ4n) is 3.57. The van der Waals surface area contributed by atoms with Crippen molar-refractivity contribution in [3.8, 4) is 23.3 Å². The third-order valence-electron chi connectivity index (χ3n) is 5.18. The first kappa shape index (κ1) is 22.2. The molecule has 2 aromatic carbocycles. The molecule has 7 nitrogen and oxygen atoms in total. The minimum Gasteiger partial charge on any atom is -0.339 e. The van der Waals surface area contributed by atoms with Gasteiger partial charge in [-0.25, -0.2) is 4.98 Å². The molecular formula is C27H21N7. The highest BCUT2D eigenvalue weighted by Crippen LogP contribution is 2.32. The van der Waals surface area contributed by atoms with Gasteiger partial charge in [-0.05, 0) is 79.1 Å². The molecule has 0 unspecified atom stereocenters. The maximum atomic E-state index is 9.01. The van der Waals surface area contributed by atoms with Crippen LogP contribution in [0.4, 0.5) is 23.1 Å². The van der Waals surface area contributed by atoms with Gasteiger partial charge in [-0.3, -0.25) is 4.98 Å². The Balaban J connectivity index is 1.73. The van der Waals surface area contributed by atoms with Crippen molar-refractivity contribution in [3.05, 3.63) is 95.5 Å². The molecule has 0 radical (unpaired) electrons. The second-order valence-electron chi connectivity index (χ2n) is 7.63. The van der Waals surface area contributed by atoms with Gasteiger partial charge in [-0.2, -0.15) is 15.5 Å². The molecule has 0 saturated carbocycles. The lowest BCUT2D eigenvalue weighted by atomic mass is 10.0. The molecule has 0 aliphatic carbocycles. The van der Waals surface area contributed by atoms with Crippen molar-refractivity contribution in [2.75, 3.05) is 10.6 Å². The number of nitrogens with zero attached hydrogens (tertiary/aromatic N) is 5. The van der Waals surface area contributed by atoms with Gasteiger partial charge in [-0.15, -0.1) is 0 Å². The van der Waals surface area contributed by atoms with Crippen LogP contribution in [0.25, 0.3) is 17.2 Å². The van der Waals surface area contributed by atoms with Crippen LogP contribution in [0.3, 0.4) is 0 Å². The summed E-state index contributed by atoms with van der Waals surface area (Å²) in [5.41, 5.74) is 7.00. The highest BCUT2D eigenvalue weighted by molar-refractivity contribution is 5.80. The van der Waals surface area contributed by atoms with Crippen molar-refractivity contribution in [1.29, 1.82) is 10.5 Å². The Kier molecular flexibility index (Phi) is 6.58. The number of aryl methyl sites for hydroxylation is 2. The van der Waals surface area contributed by atoms with Crippen LogP contribution in [0.1, 0.15) is 22.3 Å². The standard InChI is InChI=1S/C27H21N7/c1-18-13-21(5-3-11-28)14-19(2)25(18)33-26-24(22-6-4-12-30-16-22)17-31-27(34-26)32-23-9-7-20(15-29)8-10-23/h3-10,12-14,16-17H,1-2H3,(H2,31,32,33,34). The molecule has 0 bridgehead atoms. The summed E-state index contributed by atoms with van der Waals surface area (Å²) in [6, 6.07) is 19.1. The van der Waals surface area contributed by atoms with Gasteiger partial charge in [0.05, 0.1) is 17.7 Å². The number of anilines is 4. The number of pyridine rings is 1. The van der Waals surface area contributed by atoms with Crippen molar-refractivity contribution < 1.29 is 0 Å². The Morgan fingerprint density at radius 1 is 0.941 bits per heavy atom. The lowest BCUT2D eigenvalue weighted by Crippen LogP contribution is -2.05. The van der Waals surface area contributed by atoms with Gasteiger partial charge < -0.3 is 10.6 Å². The van der Waals surface area contributed by atoms with E-state index in [4.69, 9.17) is 15.5 Å². The Morgan fingerprint density at radius 2 is 1.71 bits per heavy atom. The predicted molar refractivity (Wildman–Crippen MR) is 134 cm³/mol. The Morgan fingerprint density at radius 3 is 2.35 bits per heavy atom. The van der Waals surface area contributed by atoms with E-state index >= 15 is 0 Å². The van der Waals surface area contributed by atoms with E-state index in [9.17, 15) is 0 Å². The maximum absolute atomic E-state index is 9.01.